The van der Waals surface area contributed by atoms with Crippen LogP contribution >= 0.6 is 27.9 Å². The minimum absolute atomic E-state index is 0.252. The molecule has 0 amide bonds. The summed E-state index contributed by atoms with van der Waals surface area (Å²) in [4.78, 5) is -0.252. The summed E-state index contributed by atoms with van der Waals surface area (Å²) in [5, 5.41) is 0. The number of alkyl halides is 3. The molecule has 0 radical (unpaired) electrons. The van der Waals surface area contributed by atoms with Crippen molar-refractivity contribution in [1.29, 1.82) is 0 Å². The van der Waals surface area contributed by atoms with Gasteiger partial charge in [0.25, 0.3) is 0 Å². The monoisotopic (exact) mass is 369 g/mol. The molecule has 0 fully saturated rings. The van der Waals surface area contributed by atoms with Crippen molar-refractivity contribution in [3.63, 3.8) is 0 Å². The number of hydrogen-bond acceptors (Lipinski definition) is 2. The van der Waals surface area contributed by atoms with Crippen LogP contribution in [0.25, 0.3) is 0 Å². The van der Waals surface area contributed by atoms with E-state index in [1.54, 1.807) is 6.07 Å². The van der Waals surface area contributed by atoms with E-state index in [9.17, 15) is 17.4 Å². The first-order chi connectivity index (χ1) is 6.86. The molecule has 0 saturated heterocycles. The third-order valence-corrected chi connectivity index (χ3v) is 10.7. The van der Waals surface area contributed by atoms with E-state index in [0.29, 0.717) is 3.57 Å². The maximum absolute atomic E-state index is 12.6. The van der Waals surface area contributed by atoms with E-state index in [2.05, 4.69) is 2.58 Å². The van der Waals surface area contributed by atoms with Gasteiger partial charge >= 0.3 is 95.8 Å². The predicted molar refractivity (Wildman–Crippen MR) is 59.9 cm³/mol. The topological polar surface area (TPSA) is 29.4 Å². The summed E-state index contributed by atoms with van der Waals surface area (Å²) in [5.74, 6) is 0. The van der Waals surface area contributed by atoms with Crippen molar-refractivity contribution < 1.29 is 17.4 Å². The molecule has 1 aliphatic heterocycles. The van der Waals surface area contributed by atoms with E-state index in [-0.39, 0.29) is 4.90 Å². The van der Waals surface area contributed by atoms with Crippen molar-refractivity contribution in [2.45, 2.75) is 10.4 Å². The molecule has 2 rings (SSSR count). The van der Waals surface area contributed by atoms with Gasteiger partial charge in [-0.15, -0.1) is 0 Å². The van der Waals surface area contributed by atoms with Gasteiger partial charge in [-0.05, 0) is 0 Å². The third-order valence-electron chi connectivity index (χ3n) is 1.77. The second kappa shape index (κ2) is 3.49. The first kappa shape index (κ1) is 11.5. The van der Waals surface area contributed by atoms with E-state index < -0.39 is 34.2 Å². The molecule has 2 nitrogen and oxygen atoms in total. The van der Waals surface area contributed by atoms with Crippen LogP contribution in [-0.2, 0) is 9.73 Å². The number of fused-ring (bicyclic) bond motifs is 1. The number of hydrogen-bond donors (Lipinski definition) is 0. The fourth-order valence-electron chi connectivity index (χ4n) is 1.12. The molecule has 0 bridgehead atoms. The fourth-order valence-corrected chi connectivity index (χ4v) is 10.9. The van der Waals surface area contributed by atoms with E-state index >= 15 is 0 Å². The van der Waals surface area contributed by atoms with Crippen molar-refractivity contribution >= 4 is 37.6 Å². The second-order valence-corrected chi connectivity index (χ2v) is 10.2. The predicted octanol–water partition coefficient (Wildman–Crippen LogP) is 3.79. The second-order valence-electron chi connectivity index (χ2n) is 2.69. The van der Waals surface area contributed by atoms with Gasteiger partial charge in [0.05, 0.1) is 0 Å². The van der Waals surface area contributed by atoms with Gasteiger partial charge in [0.2, 0.25) is 0 Å². The Bertz CT molecular complexity index is 523. The average Bonchev–Trinajstić information content (AvgIpc) is 2.41. The van der Waals surface area contributed by atoms with Crippen LogP contribution in [-0.4, -0.2) is 9.72 Å². The average molecular weight is 370 g/mol. The summed E-state index contributed by atoms with van der Waals surface area (Å²) in [6.07, 6.45) is 0. The quantitative estimate of drug-likeness (QED) is 0.640. The molecule has 1 aromatic carbocycles. The molecule has 1 atom stereocenters. The Kier molecular flexibility index (Phi) is 2.67. The zero-order valence-corrected chi connectivity index (χ0v) is 10.7. The first-order valence-corrected chi connectivity index (χ1v) is 9.94. The molecule has 0 spiro atoms. The Balaban J connectivity index is 2.75. The number of halogens is 5. The van der Waals surface area contributed by atoms with Gasteiger partial charge in [-0.2, -0.15) is 0 Å². The van der Waals surface area contributed by atoms with Crippen LogP contribution in [0.3, 0.4) is 0 Å². The minimum atomic E-state index is -4.84. The molecule has 0 aromatic heterocycles. The zero-order chi connectivity index (χ0) is 11.3. The van der Waals surface area contributed by atoms with Gasteiger partial charge in [0.1, 0.15) is 0 Å². The number of rotatable bonds is 0. The van der Waals surface area contributed by atoms with Crippen molar-refractivity contribution in [3.8, 4) is 0 Å². The van der Waals surface area contributed by atoms with Crippen LogP contribution in [0, 0.1) is 3.57 Å². The van der Waals surface area contributed by atoms with Crippen LogP contribution in [0.5, 0.6) is 0 Å². The molecule has 1 aliphatic rings. The molecule has 0 saturated carbocycles. The standard InChI is InChI=1S/C7H4ClF3INOS/c8-12-5-3-1-2-4-6(5)15(14,13-12)7(9,10)11/h1-4H. The van der Waals surface area contributed by atoms with Crippen molar-refractivity contribution in [1.82, 2.24) is 0 Å². The normalized spacial score (nSPS) is 27.3. The van der Waals surface area contributed by atoms with Crippen LogP contribution < -0.4 is 0 Å². The van der Waals surface area contributed by atoms with Gasteiger partial charge in [-0.3, -0.25) is 0 Å². The molecular formula is C7H4ClF3INOS. The van der Waals surface area contributed by atoms with Gasteiger partial charge in [0.15, 0.2) is 0 Å². The Morgan fingerprint density at radius 1 is 1.33 bits per heavy atom. The van der Waals surface area contributed by atoms with Crippen molar-refractivity contribution in [2.75, 3.05) is 0 Å². The Morgan fingerprint density at radius 3 is 2.53 bits per heavy atom. The molecule has 15 heavy (non-hydrogen) atoms. The van der Waals surface area contributed by atoms with Gasteiger partial charge in [-0.25, -0.2) is 0 Å². The number of nitrogens with zero attached hydrogens (tertiary/aromatic N) is 1. The van der Waals surface area contributed by atoms with Crippen molar-refractivity contribution in [2.24, 2.45) is 2.58 Å². The van der Waals surface area contributed by atoms with Crippen LogP contribution in [0.4, 0.5) is 13.2 Å². The summed E-state index contributed by atoms with van der Waals surface area (Å²) < 4.78 is 53.1. The van der Waals surface area contributed by atoms with E-state index in [0.717, 1.165) is 0 Å². The van der Waals surface area contributed by atoms with Crippen LogP contribution in [0.2, 0.25) is 0 Å². The Labute approximate surface area is 95.4 Å². The molecule has 1 aromatic rings. The van der Waals surface area contributed by atoms with Gasteiger partial charge in [-0.1, -0.05) is 0 Å². The summed E-state index contributed by atoms with van der Waals surface area (Å²) >= 11 is -2.75. The molecule has 1 heterocycles. The van der Waals surface area contributed by atoms with E-state index in [4.69, 9.17) is 8.91 Å². The number of benzene rings is 1. The maximum atomic E-state index is 12.6. The van der Waals surface area contributed by atoms with Gasteiger partial charge in [0, 0.05) is 0 Å². The van der Waals surface area contributed by atoms with Crippen LogP contribution in [0.15, 0.2) is 31.7 Å². The SMILES string of the molecule is O=S1(C(F)(F)F)=NI(Cl)c2ccccc21. The Hall–Kier alpha value is -0.0200. The first-order valence-electron chi connectivity index (χ1n) is 3.65. The molecular weight excluding hydrogens is 366 g/mol. The fraction of sp³-hybridized carbons (Fsp3) is 0.143. The Morgan fingerprint density at radius 2 is 1.93 bits per heavy atom. The summed E-state index contributed by atoms with van der Waals surface area (Å²) in [6, 6.07) is 5.64. The zero-order valence-electron chi connectivity index (χ0n) is 6.96. The van der Waals surface area contributed by atoms with Crippen molar-refractivity contribution in [3.05, 3.63) is 27.8 Å². The molecule has 0 aliphatic carbocycles. The third kappa shape index (κ3) is 1.64. The molecule has 1 unspecified atom stereocenters. The molecule has 0 N–H and O–H groups in total. The summed E-state index contributed by atoms with van der Waals surface area (Å²) in [5.41, 5.74) is -4.84. The molecule has 8 heteroatoms. The summed E-state index contributed by atoms with van der Waals surface area (Å²) in [7, 11) is 1.43. The van der Waals surface area contributed by atoms with Crippen LogP contribution in [0.1, 0.15) is 0 Å². The van der Waals surface area contributed by atoms with Gasteiger partial charge < -0.3 is 0 Å². The van der Waals surface area contributed by atoms with E-state index in [1.165, 1.54) is 18.2 Å². The summed E-state index contributed by atoms with van der Waals surface area (Å²) in [6.45, 7) is 0. The van der Waals surface area contributed by atoms with E-state index in [1.807, 2.05) is 0 Å². The molecule has 84 valence electrons.